The van der Waals surface area contributed by atoms with Crippen molar-refractivity contribution in [3.05, 3.63) is 182 Å². The normalized spacial score (nSPS) is 27.0. The Kier molecular flexibility index (Phi) is 25.0. The standard InChI is InChI=1S/C97H128B4Cl2O14/c1-61(2)32-30-33-62(3)75-46-47-76-72-45-44-70-52-63(48-50-96(70,20)77(72)49-51-97(75,76)21)34-31-39-71(68-53-73(86(104)108-59-66-37-24-28-42-80(66)100-114-92(12,13)93(14,15)115-100)84(82(102)55-68)106-57-64-35-22-26-40-78(64)98-110-88(4,5)89(6,7)111-98)69-54-74(87(105)109-60-67-38-25-29-43-81(67)101-116-94(16,17)95(18,19)117-101)85(83(103)56-69)107-58-65-36-23-27-41-79(65)99-112-90(8,9)91(10,11)113-99/h22-29,35-43,53-56,61-63,70,72,75-77H,30-34,44-52,57-60H2,1-21H3/t62-,63?,70?,72+,75-,76+,77+,96+,97-/m1/s1. The van der Waals surface area contributed by atoms with E-state index in [1.807, 2.05) is 220 Å². The smallest absolute Gasteiger partial charge is 0.486 e. The molecule has 14 rings (SSSR count). The number of halogens is 2. The van der Waals surface area contributed by atoms with Crippen molar-refractivity contribution < 1.29 is 65.8 Å². The van der Waals surface area contributed by atoms with E-state index in [0.717, 1.165) is 81.3 Å². The van der Waals surface area contributed by atoms with Gasteiger partial charge in [-0.1, -0.05) is 180 Å². The lowest BCUT2D eigenvalue weighted by molar-refractivity contribution is -0.121. The Labute approximate surface area is 710 Å². The molecule has 8 fully saturated rings. The molecule has 117 heavy (non-hydrogen) atoms. The Morgan fingerprint density at radius 1 is 0.444 bits per heavy atom. The summed E-state index contributed by atoms with van der Waals surface area (Å²) in [7, 11) is -2.85. The van der Waals surface area contributed by atoms with E-state index in [0.29, 0.717) is 56.9 Å². The summed E-state index contributed by atoms with van der Waals surface area (Å²) in [5.41, 5.74) is 3.73. The van der Waals surface area contributed by atoms with E-state index < -0.39 is 85.2 Å². The van der Waals surface area contributed by atoms with Gasteiger partial charge in [-0.15, -0.1) is 0 Å². The van der Waals surface area contributed by atoms with Crippen molar-refractivity contribution in [2.45, 2.75) is 307 Å². The average molecular weight is 1630 g/mol. The summed E-state index contributed by atoms with van der Waals surface area (Å²) in [6, 6.07) is 38.3. The van der Waals surface area contributed by atoms with Crippen molar-refractivity contribution in [3.63, 3.8) is 0 Å². The molecule has 0 amide bonds. The highest BCUT2D eigenvalue weighted by atomic mass is 35.5. The molecule has 0 N–H and O–H groups in total. The van der Waals surface area contributed by atoms with Gasteiger partial charge in [0.2, 0.25) is 0 Å². The molecule has 20 heteroatoms. The van der Waals surface area contributed by atoms with E-state index >= 15 is 9.59 Å². The molecule has 9 atom stereocenters. The Morgan fingerprint density at radius 3 is 1.21 bits per heavy atom. The van der Waals surface area contributed by atoms with E-state index in [1.165, 1.54) is 70.6 Å². The van der Waals surface area contributed by atoms with Gasteiger partial charge in [0.05, 0.1) is 54.9 Å². The number of allylic oxidation sites excluding steroid dienone is 1. The number of fused-ring (bicyclic) bond motifs is 5. The van der Waals surface area contributed by atoms with Gasteiger partial charge in [0.25, 0.3) is 0 Å². The van der Waals surface area contributed by atoms with Crippen molar-refractivity contribution in [3.8, 4) is 11.5 Å². The predicted octanol–water partition coefficient (Wildman–Crippen LogP) is 21.0. The zero-order chi connectivity index (χ0) is 84.0. The summed E-state index contributed by atoms with van der Waals surface area (Å²) >= 11 is 15.6. The van der Waals surface area contributed by atoms with E-state index in [1.54, 1.807) is 12.1 Å². The van der Waals surface area contributed by atoms with Crippen LogP contribution in [0.5, 0.6) is 11.5 Å². The average Bonchev–Trinajstić information content (AvgIpc) is 1.68. The van der Waals surface area contributed by atoms with Crippen molar-refractivity contribution in [1.29, 1.82) is 0 Å². The fraction of sp³-hybridized carbons (Fsp3) is 0.588. The second-order valence-corrected chi connectivity index (χ2v) is 41.4. The molecule has 0 aromatic heterocycles. The Hall–Kier alpha value is -5.88. The maximum absolute atomic E-state index is 15.7. The van der Waals surface area contributed by atoms with Crippen molar-refractivity contribution in [2.75, 3.05) is 0 Å². The number of ether oxygens (including phenoxy) is 4. The van der Waals surface area contributed by atoms with Gasteiger partial charge in [-0.2, -0.15) is 0 Å². The lowest BCUT2D eigenvalue weighted by atomic mass is 9.44. The van der Waals surface area contributed by atoms with Gasteiger partial charge in [0.15, 0.2) is 11.5 Å². The first kappa shape index (κ1) is 87.5. The highest BCUT2D eigenvalue weighted by molar-refractivity contribution is 6.64. The molecule has 626 valence electrons. The molecule has 14 nitrogen and oxygen atoms in total. The van der Waals surface area contributed by atoms with Crippen LogP contribution in [-0.4, -0.2) is 85.2 Å². The number of carbonyl (C=O) groups is 2. The minimum atomic E-state index is -0.724. The lowest BCUT2D eigenvalue weighted by Crippen LogP contribution is -2.53. The van der Waals surface area contributed by atoms with Gasteiger partial charge in [-0.05, 0) is 325 Å². The van der Waals surface area contributed by atoms with E-state index in [-0.39, 0.29) is 59.1 Å². The summed E-state index contributed by atoms with van der Waals surface area (Å²) < 4.78 is 79.7. The van der Waals surface area contributed by atoms with Gasteiger partial charge in [-0.3, -0.25) is 0 Å². The Balaban J connectivity index is 0.838. The van der Waals surface area contributed by atoms with Crippen molar-refractivity contribution in [1.82, 2.24) is 0 Å². The largest absolute Gasteiger partial charge is 0.495 e. The zero-order valence-electron chi connectivity index (χ0n) is 73.8. The van der Waals surface area contributed by atoms with E-state index in [4.69, 9.17) is 79.4 Å². The number of esters is 2. The SMILES string of the molecule is CC(C)CCC[C@@H](C)[C@H]1CC[C@H]2[C@@H]3CCC4CC(CCC=C(c5cc(Cl)c(OCc6ccccc6B6OC(C)(C)C(C)(C)O6)c(C(=O)OCc6ccccc6B6OC(C)(C)C(C)(C)O6)c5)c5cc(Cl)c(OCc6ccccc6B6OC(C)(C)C(C)(C)O6)c(C(=O)OCc6ccccc6B6OC(C)(C)C(C)(C)O6)c5)CC[C@]4(C)[C@H]3CC[C@]12C. The molecule has 6 aromatic carbocycles. The highest BCUT2D eigenvalue weighted by Gasteiger charge is 2.62. The van der Waals surface area contributed by atoms with Gasteiger partial charge in [-0.25, -0.2) is 9.59 Å². The summed E-state index contributed by atoms with van der Waals surface area (Å²) in [5, 5.41) is 0.301. The van der Waals surface area contributed by atoms with Crippen LogP contribution in [0.15, 0.2) is 127 Å². The number of hydrogen-bond donors (Lipinski definition) is 0. The highest BCUT2D eigenvalue weighted by Crippen LogP contribution is 2.69. The van der Waals surface area contributed by atoms with Gasteiger partial charge in [0, 0.05) is 0 Å². The second kappa shape index (κ2) is 33.4. The topological polar surface area (TPSA) is 145 Å². The maximum atomic E-state index is 15.7. The summed E-state index contributed by atoms with van der Waals surface area (Å²) in [4.78, 5) is 31.5. The molecule has 4 heterocycles. The molecular weight excluding hydrogens is 1500 g/mol. The van der Waals surface area contributed by atoms with Crippen LogP contribution < -0.4 is 31.3 Å². The van der Waals surface area contributed by atoms with E-state index in [9.17, 15) is 0 Å². The predicted molar refractivity (Wildman–Crippen MR) is 471 cm³/mol. The van der Waals surface area contributed by atoms with Crippen LogP contribution in [0.3, 0.4) is 0 Å². The minimum Gasteiger partial charge on any atom is -0.486 e. The second-order valence-electron chi connectivity index (χ2n) is 40.6. The zero-order valence-corrected chi connectivity index (χ0v) is 75.3. The maximum Gasteiger partial charge on any atom is 0.495 e. The number of carbonyl (C=O) groups excluding carboxylic acids is 2. The van der Waals surface area contributed by atoms with Gasteiger partial charge in [0.1, 0.15) is 37.6 Å². The van der Waals surface area contributed by atoms with Gasteiger partial charge < -0.3 is 56.2 Å². The quantitative estimate of drug-likeness (QED) is 0.0375. The molecule has 0 bridgehead atoms. The molecule has 8 aliphatic rings. The number of benzene rings is 6. The third kappa shape index (κ3) is 17.4. The van der Waals surface area contributed by atoms with Crippen LogP contribution in [0.25, 0.3) is 5.57 Å². The Bertz CT molecular complexity index is 4370. The van der Waals surface area contributed by atoms with Crippen LogP contribution in [0, 0.1) is 58.2 Å². The summed E-state index contributed by atoms with van der Waals surface area (Å²) in [6.45, 7) is 44.8. The van der Waals surface area contributed by atoms with Gasteiger partial charge >= 0.3 is 40.4 Å². The van der Waals surface area contributed by atoms with Crippen LogP contribution in [-0.2, 0) is 73.1 Å². The van der Waals surface area contributed by atoms with Crippen molar-refractivity contribution >= 4 is 91.0 Å². The minimum absolute atomic E-state index is 0.0148. The first-order valence-corrected chi connectivity index (χ1v) is 44.5. The third-order valence-electron chi connectivity index (χ3n) is 30.8. The monoisotopic (exact) mass is 1630 g/mol. The fourth-order valence-electron chi connectivity index (χ4n) is 20.8. The molecule has 0 radical (unpaired) electrons. The summed E-state index contributed by atoms with van der Waals surface area (Å²) in [6.07, 6.45) is 19.6. The first-order valence-electron chi connectivity index (χ1n) is 43.7. The third-order valence-corrected chi connectivity index (χ3v) is 31.3. The lowest BCUT2D eigenvalue weighted by Gasteiger charge is -2.61. The molecular formula is C97H128B4Cl2O14. The first-order chi connectivity index (χ1) is 55.0. The number of rotatable bonds is 26. The molecule has 2 unspecified atom stereocenters. The van der Waals surface area contributed by atoms with E-state index in [2.05, 4.69) is 40.7 Å². The Morgan fingerprint density at radius 2 is 0.812 bits per heavy atom. The summed E-state index contributed by atoms with van der Waals surface area (Å²) in [5.74, 6) is 4.73. The molecule has 6 aromatic rings. The van der Waals surface area contributed by atoms with Crippen LogP contribution in [0.1, 0.15) is 289 Å². The van der Waals surface area contributed by atoms with Crippen molar-refractivity contribution in [2.24, 2.45) is 58.2 Å². The molecule has 0 spiro atoms. The van der Waals surface area contributed by atoms with Crippen LogP contribution in [0.2, 0.25) is 10.0 Å². The van der Waals surface area contributed by atoms with Crippen LogP contribution >= 0.6 is 23.2 Å². The molecule has 4 saturated carbocycles. The molecule has 4 aliphatic carbocycles. The number of hydrogen-bond acceptors (Lipinski definition) is 14. The fourth-order valence-corrected chi connectivity index (χ4v) is 21.3. The molecule has 4 saturated heterocycles. The van der Waals surface area contributed by atoms with Crippen LogP contribution in [0.4, 0.5) is 0 Å². The molecule has 4 aliphatic heterocycles.